The van der Waals surface area contributed by atoms with E-state index in [-0.39, 0.29) is 40.7 Å². The van der Waals surface area contributed by atoms with E-state index in [1.54, 1.807) is 6.07 Å². The Morgan fingerprint density at radius 1 is 1.08 bits per heavy atom. The van der Waals surface area contributed by atoms with Gasteiger partial charge in [0.05, 0.1) is 33.8 Å². The number of hydrogen-bond acceptors (Lipinski definition) is 7. The molecule has 4 aromatic carbocycles. The van der Waals surface area contributed by atoms with E-state index < -0.39 is 10.9 Å². The molecule has 0 spiro atoms. The minimum Gasteiger partial charge on any atom is -0.493 e. The first-order valence-corrected chi connectivity index (χ1v) is 12.6. The molecule has 3 heterocycles. The molecule has 1 aromatic heterocycles. The average molecular weight is 611 g/mol. The first kappa shape index (κ1) is 25.1. The van der Waals surface area contributed by atoms with Crippen LogP contribution in [-0.4, -0.2) is 24.8 Å². The molecule has 0 radical (unpaired) electrons. The molecular formula is C28H19BrClN2O7+. The number of ether oxygens (including phenoxy) is 4. The highest BCUT2D eigenvalue weighted by molar-refractivity contribution is 9.10. The van der Waals surface area contributed by atoms with Gasteiger partial charge < -0.3 is 18.9 Å². The molecule has 2 aliphatic rings. The Hall–Kier alpha value is -4.15. The second-order valence-corrected chi connectivity index (χ2v) is 9.86. The largest absolute Gasteiger partial charge is 0.493 e. The summed E-state index contributed by atoms with van der Waals surface area (Å²) in [7, 11) is 1.50. The number of hydrogen-bond donors (Lipinski definition) is 0. The molecule has 5 aromatic rings. The SMILES string of the molecule is COc1ccc2c(c[n+]3c4c2ccc2c5c(cc(c24)CC3)OCO5)c1OC(=O)c1cccc([N+](=O)[O-])c1Br.Cl. The van der Waals surface area contributed by atoms with Gasteiger partial charge in [0.1, 0.15) is 4.47 Å². The van der Waals surface area contributed by atoms with Crippen molar-refractivity contribution in [1.82, 2.24) is 0 Å². The molecule has 2 aliphatic heterocycles. The fourth-order valence-corrected chi connectivity index (χ4v) is 6.04. The summed E-state index contributed by atoms with van der Waals surface area (Å²) in [5, 5.41) is 16.1. The van der Waals surface area contributed by atoms with Gasteiger partial charge in [-0.25, -0.2) is 4.79 Å². The standard InChI is InChI=1S/C28H18BrN2O7.ClH/c1-35-21-8-7-15-16-5-6-17-23-14(11-22-26(17)37-13-36-22)9-10-30(25(16)23)12-19(15)27(21)38-28(32)18-3-2-4-20(24(18)29)31(33)34;/h2-8,11-12H,9-10,13H2,1H3;1H/q+1;. The van der Waals surface area contributed by atoms with Crippen LogP contribution in [0.15, 0.2) is 59.2 Å². The summed E-state index contributed by atoms with van der Waals surface area (Å²) in [4.78, 5) is 24.1. The summed E-state index contributed by atoms with van der Waals surface area (Å²) < 4.78 is 25.1. The van der Waals surface area contributed by atoms with Crippen molar-refractivity contribution in [1.29, 1.82) is 0 Å². The van der Waals surface area contributed by atoms with Crippen molar-refractivity contribution < 1.29 is 33.2 Å². The van der Waals surface area contributed by atoms with Crippen LogP contribution in [0.3, 0.4) is 0 Å². The molecule has 9 nitrogen and oxygen atoms in total. The van der Waals surface area contributed by atoms with Gasteiger partial charge in [-0.1, -0.05) is 6.07 Å². The summed E-state index contributed by atoms with van der Waals surface area (Å²) in [6.07, 6.45) is 2.77. The van der Waals surface area contributed by atoms with Gasteiger partial charge in [-0.3, -0.25) is 10.1 Å². The highest BCUT2D eigenvalue weighted by Gasteiger charge is 2.31. The number of nitro groups is 1. The topological polar surface area (TPSA) is 101 Å². The maximum absolute atomic E-state index is 13.3. The van der Waals surface area contributed by atoms with E-state index in [1.807, 2.05) is 24.4 Å². The number of nitro benzene ring substituents is 1. The monoisotopic (exact) mass is 609 g/mol. The highest BCUT2D eigenvalue weighted by atomic mass is 79.9. The third kappa shape index (κ3) is 3.66. The van der Waals surface area contributed by atoms with Crippen LogP contribution in [-0.2, 0) is 13.0 Å². The van der Waals surface area contributed by atoms with Crippen molar-refractivity contribution in [2.24, 2.45) is 0 Å². The Kier molecular flexibility index (Phi) is 5.96. The molecule has 39 heavy (non-hydrogen) atoms. The van der Waals surface area contributed by atoms with Gasteiger partial charge in [0.25, 0.3) is 5.69 Å². The summed E-state index contributed by atoms with van der Waals surface area (Å²) in [6, 6.07) is 14.1. The van der Waals surface area contributed by atoms with E-state index in [0.717, 1.165) is 51.5 Å². The number of halogens is 2. The second kappa shape index (κ2) is 9.25. The lowest BCUT2D eigenvalue weighted by Gasteiger charge is -2.18. The zero-order valence-electron chi connectivity index (χ0n) is 20.4. The van der Waals surface area contributed by atoms with Gasteiger partial charge in [-0.05, 0) is 57.9 Å². The van der Waals surface area contributed by atoms with Gasteiger partial charge in [0, 0.05) is 23.3 Å². The minimum atomic E-state index is -0.737. The van der Waals surface area contributed by atoms with Crippen LogP contribution in [0, 0.1) is 10.1 Å². The molecular weight excluding hydrogens is 592 g/mol. The lowest BCUT2D eigenvalue weighted by atomic mass is 9.93. The highest BCUT2D eigenvalue weighted by Crippen LogP contribution is 2.46. The Bertz CT molecular complexity index is 1890. The maximum atomic E-state index is 13.3. The van der Waals surface area contributed by atoms with Crippen molar-refractivity contribution in [2.75, 3.05) is 13.9 Å². The Morgan fingerprint density at radius 2 is 1.87 bits per heavy atom. The summed E-state index contributed by atoms with van der Waals surface area (Å²) in [5.74, 6) is 1.41. The molecule has 0 saturated heterocycles. The predicted octanol–water partition coefficient (Wildman–Crippen LogP) is 6.04. The van der Waals surface area contributed by atoms with E-state index in [2.05, 4.69) is 26.6 Å². The number of rotatable bonds is 4. The van der Waals surface area contributed by atoms with Gasteiger partial charge >= 0.3 is 5.97 Å². The molecule has 0 bridgehead atoms. The molecule has 196 valence electrons. The average Bonchev–Trinajstić information content (AvgIpc) is 3.40. The molecule has 0 saturated carbocycles. The second-order valence-electron chi connectivity index (χ2n) is 9.07. The number of benzene rings is 4. The number of fused-ring (bicyclic) bond motifs is 4. The minimum absolute atomic E-state index is 0. The van der Waals surface area contributed by atoms with Gasteiger partial charge in [0.2, 0.25) is 12.3 Å². The van der Waals surface area contributed by atoms with Crippen LogP contribution in [0.25, 0.3) is 32.4 Å². The number of nitrogens with zero attached hydrogens (tertiary/aromatic N) is 2. The van der Waals surface area contributed by atoms with E-state index in [1.165, 1.54) is 30.9 Å². The number of methoxy groups -OCH3 is 1. The third-order valence-corrected chi connectivity index (χ3v) is 7.98. The first-order chi connectivity index (χ1) is 18.5. The number of pyridine rings is 1. The van der Waals surface area contributed by atoms with Crippen molar-refractivity contribution in [3.63, 3.8) is 0 Å². The zero-order valence-corrected chi connectivity index (χ0v) is 22.8. The Morgan fingerprint density at radius 3 is 2.67 bits per heavy atom. The van der Waals surface area contributed by atoms with Crippen LogP contribution < -0.4 is 23.5 Å². The van der Waals surface area contributed by atoms with Crippen LogP contribution in [0.5, 0.6) is 23.0 Å². The normalized spacial score (nSPS) is 13.1. The van der Waals surface area contributed by atoms with Gasteiger partial charge in [-0.2, -0.15) is 4.57 Å². The molecule has 0 unspecified atom stereocenters. The lowest BCUT2D eigenvalue weighted by Crippen LogP contribution is -2.38. The predicted molar refractivity (Wildman–Crippen MR) is 149 cm³/mol. The molecule has 0 amide bonds. The number of esters is 1. The lowest BCUT2D eigenvalue weighted by molar-refractivity contribution is -0.670. The molecule has 0 atom stereocenters. The van der Waals surface area contributed by atoms with Crippen molar-refractivity contribution in [3.05, 3.63) is 80.4 Å². The number of aryl methyl sites for hydroxylation is 2. The van der Waals surface area contributed by atoms with E-state index in [0.29, 0.717) is 11.1 Å². The van der Waals surface area contributed by atoms with Gasteiger partial charge in [-0.15, -0.1) is 12.4 Å². The number of aromatic nitrogens is 1. The van der Waals surface area contributed by atoms with E-state index in [4.69, 9.17) is 18.9 Å². The third-order valence-electron chi connectivity index (χ3n) is 7.14. The smallest absolute Gasteiger partial charge is 0.345 e. The van der Waals surface area contributed by atoms with E-state index in [9.17, 15) is 14.9 Å². The van der Waals surface area contributed by atoms with Crippen LogP contribution in [0.4, 0.5) is 5.69 Å². The maximum Gasteiger partial charge on any atom is 0.345 e. The zero-order chi connectivity index (χ0) is 26.1. The molecule has 0 N–H and O–H groups in total. The molecule has 0 fully saturated rings. The molecule has 7 rings (SSSR count). The quantitative estimate of drug-likeness (QED) is 0.0611. The molecule has 11 heteroatoms. The van der Waals surface area contributed by atoms with Crippen molar-refractivity contribution in [3.8, 4) is 23.0 Å². The summed E-state index contributed by atoms with van der Waals surface area (Å²) >= 11 is 3.19. The van der Waals surface area contributed by atoms with Gasteiger partial charge in [0.15, 0.2) is 35.7 Å². The Labute approximate surface area is 235 Å². The summed E-state index contributed by atoms with van der Waals surface area (Å²) in [6.45, 7) is 0.929. The van der Waals surface area contributed by atoms with Crippen molar-refractivity contribution in [2.45, 2.75) is 13.0 Å². The fourth-order valence-electron chi connectivity index (χ4n) is 5.47. The first-order valence-electron chi connectivity index (χ1n) is 11.8. The van der Waals surface area contributed by atoms with Crippen LogP contribution >= 0.6 is 28.3 Å². The molecule has 0 aliphatic carbocycles. The Balaban J connectivity index is 0.00000277. The van der Waals surface area contributed by atoms with Crippen LogP contribution in [0.2, 0.25) is 0 Å². The number of carbonyl (C=O) groups is 1. The summed E-state index contributed by atoms with van der Waals surface area (Å²) in [5.41, 5.74) is 2.09. The van der Waals surface area contributed by atoms with Crippen molar-refractivity contribution >= 4 is 72.4 Å². The number of carbonyl (C=O) groups excluding carboxylic acids is 1. The fraction of sp³-hybridized carbons (Fsp3) is 0.143. The van der Waals surface area contributed by atoms with Crippen LogP contribution in [0.1, 0.15) is 15.9 Å². The van der Waals surface area contributed by atoms with E-state index >= 15 is 0 Å².